The van der Waals surface area contributed by atoms with Crippen LogP contribution in [0.2, 0.25) is 0 Å². The summed E-state index contributed by atoms with van der Waals surface area (Å²) in [6.45, 7) is 4.67. The minimum absolute atomic E-state index is 0.156. The molecule has 1 aliphatic heterocycles. The summed E-state index contributed by atoms with van der Waals surface area (Å²) in [6.07, 6.45) is 6.04. The van der Waals surface area contributed by atoms with Gasteiger partial charge in [0.05, 0.1) is 6.54 Å². The molecule has 0 N–H and O–H groups in total. The van der Waals surface area contributed by atoms with Gasteiger partial charge >= 0.3 is 0 Å². The minimum atomic E-state index is 0.156. The summed E-state index contributed by atoms with van der Waals surface area (Å²) in [7, 11) is 0. The van der Waals surface area contributed by atoms with Crippen molar-refractivity contribution in [1.82, 2.24) is 14.7 Å². The summed E-state index contributed by atoms with van der Waals surface area (Å²) in [5.41, 5.74) is 1.89. The molecule has 0 bridgehead atoms. The van der Waals surface area contributed by atoms with Crippen LogP contribution in [0, 0.1) is 5.92 Å². The number of amides is 1. The number of rotatable bonds is 3. The second kappa shape index (κ2) is 6.12. The van der Waals surface area contributed by atoms with Crippen LogP contribution in [-0.2, 0) is 6.54 Å². The van der Waals surface area contributed by atoms with Crippen LogP contribution in [0.3, 0.4) is 0 Å². The molecule has 21 heavy (non-hydrogen) atoms. The van der Waals surface area contributed by atoms with E-state index in [2.05, 4.69) is 12.0 Å². The average molecular weight is 283 g/mol. The van der Waals surface area contributed by atoms with Crippen LogP contribution in [0.15, 0.2) is 42.7 Å². The largest absolute Gasteiger partial charge is 0.338 e. The Morgan fingerprint density at radius 3 is 3.05 bits per heavy atom. The molecular formula is C17H21N3O. The first-order valence-electron chi connectivity index (χ1n) is 7.58. The van der Waals surface area contributed by atoms with E-state index in [0.29, 0.717) is 12.5 Å². The van der Waals surface area contributed by atoms with Gasteiger partial charge in [-0.1, -0.05) is 19.1 Å². The van der Waals surface area contributed by atoms with Crippen LogP contribution in [0.4, 0.5) is 0 Å². The highest BCUT2D eigenvalue weighted by Crippen LogP contribution is 2.18. The molecule has 1 aromatic carbocycles. The molecule has 0 aliphatic carbocycles. The molecule has 1 saturated heterocycles. The predicted octanol–water partition coefficient (Wildman–Crippen LogP) is 2.80. The molecule has 0 radical (unpaired) electrons. The number of piperidine rings is 1. The lowest BCUT2D eigenvalue weighted by Crippen LogP contribution is -2.39. The first-order valence-corrected chi connectivity index (χ1v) is 7.58. The van der Waals surface area contributed by atoms with Crippen LogP contribution in [0.25, 0.3) is 0 Å². The standard InChI is InChI=1S/C17H21N3O/c1-14-5-3-9-19(12-14)17(21)16-7-2-6-15(11-16)13-20-10-4-8-18-20/h2,4,6-8,10-11,14H,3,5,9,12-13H2,1H3. The Kier molecular flexibility index (Phi) is 4.04. The highest BCUT2D eigenvalue weighted by molar-refractivity contribution is 5.94. The van der Waals surface area contributed by atoms with Gasteiger partial charge in [0.15, 0.2) is 0 Å². The Labute approximate surface area is 125 Å². The minimum Gasteiger partial charge on any atom is -0.338 e. The van der Waals surface area contributed by atoms with E-state index in [4.69, 9.17) is 0 Å². The number of hydrogen-bond acceptors (Lipinski definition) is 2. The molecule has 110 valence electrons. The third-order valence-corrected chi connectivity index (χ3v) is 4.02. The molecule has 4 nitrogen and oxygen atoms in total. The quantitative estimate of drug-likeness (QED) is 0.868. The first kappa shape index (κ1) is 13.9. The van der Waals surface area contributed by atoms with Gasteiger partial charge in [-0.15, -0.1) is 0 Å². The summed E-state index contributed by atoms with van der Waals surface area (Å²) >= 11 is 0. The number of aromatic nitrogens is 2. The number of carbonyl (C=O) groups excluding carboxylic acids is 1. The van der Waals surface area contributed by atoms with Crippen LogP contribution in [0.1, 0.15) is 35.7 Å². The van der Waals surface area contributed by atoms with E-state index in [1.807, 2.05) is 46.1 Å². The van der Waals surface area contributed by atoms with Crippen LogP contribution >= 0.6 is 0 Å². The number of nitrogens with zero attached hydrogens (tertiary/aromatic N) is 3. The Morgan fingerprint density at radius 1 is 1.38 bits per heavy atom. The lowest BCUT2D eigenvalue weighted by molar-refractivity contribution is 0.0683. The molecule has 1 aliphatic rings. The number of hydrogen-bond donors (Lipinski definition) is 0. The van der Waals surface area contributed by atoms with Crippen molar-refractivity contribution in [1.29, 1.82) is 0 Å². The topological polar surface area (TPSA) is 38.1 Å². The lowest BCUT2D eigenvalue weighted by atomic mass is 9.99. The maximum atomic E-state index is 12.6. The molecule has 1 fully saturated rings. The van der Waals surface area contributed by atoms with E-state index >= 15 is 0 Å². The SMILES string of the molecule is CC1CCCN(C(=O)c2cccc(Cn3cccn3)c2)C1. The molecular weight excluding hydrogens is 262 g/mol. The zero-order valence-electron chi connectivity index (χ0n) is 12.4. The molecule has 2 heterocycles. The monoisotopic (exact) mass is 283 g/mol. The van der Waals surface area contributed by atoms with E-state index in [1.54, 1.807) is 6.20 Å². The Morgan fingerprint density at radius 2 is 2.29 bits per heavy atom. The second-order valence-electron chi connectivity index (χ2n) is 5.90. The molecule has 4 heteroatoms. The van der Waals surface area contributed by atoms with Crippen molar-refractivity contribution in [3.63, 3.8) is 0 Å². The van der Waals surface area contributed by atoms with Gasteiger partial charge in [-0.05, 0) is 42.5 Å². The molecule has 1 aromatic heterocycles. The fourth-order valence-corrected chi connectivity index (χ4v) is 2.94. The van der Waals surface area contributed by atoms with E-state index < -0.39 is 0 Å². The summed E-state index contributed by atoms with van der Waals surface area (Å²) in [6, 6.07) is 9.80. The van der Waals surface area contributed by atoms with Crippen molar-refractivity contribution in [2.75, 3.05) is 13.1 Å². The normalized spacial score (nSPS) is 18.7. The molecule has 1 amide bonds. The van der Waals surface area contributed by atoms with Gasteiger partial charge in [0.25, 0.3) is 5.91 Å². The fourth-order valence-electron chi connectivity index (χ4n) is 2.94. The van der Waals surface area contributed by atoms with E-state index in [-0.39, 0.29) is 5.91 Å². The first-order chi connectivity index (χ1) is 10.2. The fraction of sp³-hybridized carbons (Fsp3) is 0.412. The summed E-state index contributed by atoms with van der Waals surface area (Å²) in [5, 5.41) is 4.21. The number of benzene rings is 1. The van der Waals surface area contributed by atoms with E-state index in [0.717, 1.165) is 30.6 Å². The Bertz CT molecular complexity index is 606. The molecule has 3 rings (SSSR count). The smallest absolute Gasteiger partial charge is 0.253 e. The van der Waals surface area contributed by atoms with E-state index in [9.17, 15) is 4.79 Å². The second-order valence-corrected chi connectivity index (χ2v) is 5.90. The maximum absolute atomic E-state index is 12.6. The average Bonchev–Trinajstić information content (AvgIpc) is 3.00. The van der Waals surface area contributed by atoms with Crippen molar-refractivity contribution >= 4 is 5.91 Å². The highest BCUT2D eigenvalue weighted by atomic mass is 16.2. The van der Waals surface area contributed by atoms with Gasteiger partial charge in [-0.2, -0.15) is 5.10 Å². The summed E-state index contributed by atoms with van der Waals surface area (Å²) < 4.78 is 1.87. The Balaban J connectivity index is 1.74. The Hall–Kier alpha value is -2.10. The van der Waals surface area contributed by atoms with Gasteiger partial charge in [0.1, 0.15) is 0 Å². The third kappa shape index (κ3) is 3.32. The van der Waals surface area contributed by atoms with E-state index in [1.165, 1.54) is 6.42 Å². The number of carbonyl (C=O) groups is 1. The van der Waals surface area contributed by atoms with Crippen LogP contribution in [-0.4, -0.2) is 33.7 Å². The molecule has 1 unspecified atom stereocenters. The van der Waals surface area contributed by atoms with Crippen molar-refractivity contribution in [3.05, 3.63) is 53.9 Å². The molecule has 0 spiro atoms. The van der Waals surface area contributed by atoms with Crippen molar-refractivity contribution in [3.8, 4) is 0 Å². The van der Waals surface area contributed by atoms with Crippen molar-refractivity contribution in [2.45, 2.75) is 26.3 Å². The summed E-state index contributed by atoms with van der Waals surface area (Å²) in [4.78, 5) is 14.6. The molecule has 2 aromatic rings. The van der Waals surface area contributed by atoms with Gasteiger partial charge in [-0.25, -0.2) is 0 Å². The zero-order chi connectivity index (χ0) is 14.7. The van der Waals surface area contributed by atoms with Gasteiger partial charge in [-0.3, -0.25) is 9.48 Å². The van der Waals surface area contributed by atoms with Crippen LogP contribution < -0.4 is 0 Å². The number of likely N-dealkylation sites (tertiary alicyclic amines) is 1. The summed E-state index contributed by atoms with van der Waals surface area (Å²) in [5.74, 6) is 0.763. The van der Waals surface area contributed by atoms with Crippen molar-refractivity contribution < 1.29 is 4.79 Å². The predicted molar refractivity (Wildman–Crippen MR) is 82.1 cm³/mol. The van der Waals surface area contributed by atoms with Gasteiger partial charge in [0.2, 0.25) is 0 Å². The van der Waals surface area contributed by atoms with Crippen LogP contribution in [0.5, 0.6) is 0 Å². The molecule has 0 saturated carbocycles. The third-order valence-electron chi connectivity index (χ3n) is 4.02. The molecule has 1 atom stereocenters. The maximum Gasteiger partial charge on any atom is 0.253 e. The van der Waals surface area contributed by atoms with Gasteiger partial charge in [0, 0.05) is 31.0 Å². The highest BCUT2D eigenvalue weighted by Gasteiger charge is 2.22. The van der Waals surface area contributed by atoms with Gasteiger partial charge < -0.3 is 4.90 Å². The lowest BCUT2D eigenvalue weighted by Gasteiger charge is -2.31. The van der Waals surface area contributed by atoms with Crippen molar-refractivity contribution in [2.24, 2.45) is 5.92 Å². The zero-order valence-corrected chi connectivity index (χ0v) is 12.4.